The molecule has 0 aliphatic rings. The van der Waals surface area contributed by atoms with E-state index in [4.69, 9.17) is 10.6 Å². The molecule has 0 saturated carbocycles. The van der Waals surface area contributed by atoms with Crippen LogP contribution in [0.15, 0.2) is 24.3 Å². The molecular formula is C13H21FN2O. The van der Waals surface area contributed by atoms with Crippen LogP contribution in [0.4, 0.5) is 4.39 Å². The molecule has 0 saturated heterocycles. The second-order valence-electron chi connectivity index (χ2n) is 4.06. The Hall–Kier alpha value is -0.970. The average molecular weight is 240 g/mol. The van der Waals surface area contributed by atoms with Gasteiger partial charge in [0.2, 0.25) is 0 Å². The predicted molar refractivity (Wildman–Crippen MR) is 66.9 cm³/mol. The van der Waals surface area contributed by atoms with Crippen molar-refractivity contribution in [3.63, 3.8) is 0 Å². The van der Waals surface area contributed by atoms with Gasteiger partial charge in [0.1, 0.15) is 5.82 Å². The number of ether oxygens (including phenoxy) is 1. The normalized spacial score (nSPS) is 12.6. The Morgan fingerprint density at radius 1 is 1.35 bits per heavy atom. The van der Waals surface area contributed by atoms with Crippen molar-refractivity contribution in [2.45, 2.75) is 32.2 Å². The molecule has 0 aromatic heterocycles. The lowest BCUT2D eigenvalue weighted by molar-refractivity contribution is 0.124. The predicted octanol–water partition coefficient (Wildman–Crippen LogP) is 2.02. The van der Waals surface area contributed by atoms with Crippen LogP contribution in [0.1, 0.15) is 25.3 Å². The van der Waals surface area contributed by atoms with Gasteiger partial charge in [0.05, 0.1) is 0 Å². The minimum absolute atomic E-state index is 0.0451. The topological polar surface area (TPSA) is 47.3 Å². The van der Waals surface area contributed by atoms with Crippen molar-refractivity contribution in [1.82, 2.24) is 5.43 Å². The summed E-state index contributed by atoms with van der Waals surface area (Å²) in [4.78, 5) is 0. The molecule has 1 unspecified atom stereocenters. The van der Waals surface area contributed by atoms with Gasteiger partial charge in [0, 0.05) is 19.3 Å². The standard InChI is InChI=1S/C13H21FN2O/c1-2-8-17-9-7-12(16-15)10-11-5-3-4-6-13(11)14/h3-6,12,16H,2,7-10,15H2,1H3. The second-order valence-corrected chi connectivity index (χ2v) is 4.06. The van der Waals surface area contributed by atoms with E-state index < -0.39 is 0 Å². The Labute approximate surface area is 102 Å². The largest absolute Gasteiger partial charge is 0.381 e. The SMILES string of the molecule is CCCOCCC(Cc1ccccc1F)NN. The molecule has 1 aromatic carbocycles. The first-order chi connectivity index (χ1) is 8.27. The van der Waals surface area contributed by atoms with Crippen molar-refractivity contribution >= 4 is 0 Å². The lowest BCUT2D eigenvalue weighted by atomic mass is 10.0. The molecule has 0 aliphatic heterocycles. The number of nitrogens with two attached hydrogens (primary N) is 1. The number of hydrogen-bond acceptors (Lipinski definition) is 3. The zero-order chi connectivity index (χ0) is 12.5. The van der Waals surface area contributed by atoms with Crippen LogP contribution >= 0.6 is 0 Å². The summed E-state index contributed by atoms with van der Waals surface area (Å²) in [6.45, 7) is 3.48. The van der Waals surface area contributed by atoms with E-state index in [-0.39, 0.29) is 11.9 Å². The molecule has 0 heterocycles. The highest BCUT2D eigenvalue weighted by atomic mass is 19.1. The van der Waals surface area contributed by atoms with Crippen LogP contribution in [0.25, 0.3) is 0 Å². The minimum Gasteiger partial charge on any atom is -0.381 e. The molecule has 0 fully saturated rings. The maximum atomic E-state index is 13.4. The van der Waals surface area contributed by atoms with Gasteiger partial charge in [0.25, 0.3) is 0 Å². The van der Waals surface area contributed by atoms with E-state index >= 15 is 0 Å². The van der Waals surface area contributed by atoms with E-state index in [0.29, 0.717) is 18.6 Å². The summed E-state index contributed by atoms with van der Waals surface area (Å²) in [5.74, 6) is 5.28. The molecule has 17 heavy (non-hydrogen) atoms. The number of hydrazine groups is 1. The number of hydrogen-bond donors (Lipinski definition) is 2. The van der Waals surface area contributed by atoms with E-state index in [0.717, 1.165) is 19.4 Å². The Kier molecular flexibility index (Phi) is 6.77. The Morgan fingerprint density at radius 3 is 2.76 bits per heavy atom. The van der Waals surface area contributed by atoms with Crippen molar-refractivity contribution < 1.29 is 9.13 Å². The number of halogens is 1. The van der Waals surface area contributed by atoms with Gasteiger partial charge < -0.3 is 4.74 Å². The zero-order valence-corrected chi connectivity index (χ0v) is 10.3. The van der Waals surface area contributed by atoms with Gasteiger partial charge >= 0.3 is 0 Å². The Bertz CT molecular complexity index is 320. The molecule has 0 radical (unpaired) electrons. The van der Waals surface area contributed by atoms with Crippen LogP contribution in [0.3, 0.4) is 0 Å². The molecule has 96 valence electrons. The van der Waals surface area contributed by atoms with E-state index in [1.807, 2.05) is 6.07 Å². The number of rotatable bonds is 8. The van der Waals surface area contributed by atoms with Crippen LogP contribution in [0.5, 0.6) is 0 Å². The van der Waals surface area contributed by atoms with Crippen LogP contribution in [-0.4, -0.2) is 19.3 Å². The molecule has 1 rings (SSSR count). The van der Waals surface area contributed by atoms with Gasteiger partial charge in [-0.1, -0.05) is 25.1 Å². The molecule has 4 heteroatoms. The highest BCUT2D eigenvalue weighted by Gasteiger charge is 2.10. The summed E-state index contributed by atoms with van der Waals surface area (Å²) < 4.78 is 18.8. The summed E-state index contributed by atoms with van der Waals surface area (Å²) in [5.41, 5.74) is 3.39. The number of nitrogens with one attached hydrogen (secondary N) is 1. The van der Waals surface area contributed by atoms with Crippen LogP contribution in [0.2, 0.25) is 0 Å². The summed E-state index contributed by atoms with van der Waals surface area (Å²) in [6.07, 6.45) is 2.37. The molecule has 0 spiro atoms. The molecular weight excluding hydrogens is 219 g/mol. The van der Waals surface area contributed by atoms with Gasteiger partial charge in [-0.25, -0.2) is 4.39 Å². The van der Waals surface area contributed by atoms with E-state index in [9.17, 15) is 4.39 Å². The Morgan fingerprint density at radius 2 is 2.12 bits per heavy atom. The summed E-state index contributed by atoms with van der Waals surface area (Å²) in [7, 11) is 0. The van der Waals surface area contributed by atoms with Gasteiger partial charge in [0.15, 0.2) is 0 Å². The summed E-state index contributed by atoms with van der Waals surface area (Å²) in [6, 6.07) is 6.82. The van der Waals surface area contributed by atoms with E-state index in [1.165, 1.54) is 6.07 Å². The lowest BCUT2D eigenvalue weighted by Crippen LogP contribution is -2.37. The third kappa shape index (κ3) is 5.26. The van der Waals surface area contributed by atoms with Crippen molar-refractivity contribution in [3.8, 4) is 0 Å². The maximum absolute atomic E-state index is 13.4. The van der Waals surface area contributed by atoms with E-state index in [1.54, 1.807) is 12.1 Å². The fraction of sp³-hybridized carbons (Fsp3) is 0.538. The van der Waals surface area contributed by atoms with Crippen molar-refractivity contribution in [2.24, 2.45) is 5.84 Å². The van der Waals surface area contributed by atoms with Crippen LogP contribution in [0, 0.1) is 5.82 Å². The highest BCUT2D eigenvalue weighted by molar-refractivity contribution is 5.18. The average Bonchev–Trinajstić information content (AvgIpc) is 2.35. The number of benzene rings is 1. The summed E-state index contributed by atoms with van der Waals surface area (Å²) >= 11 is 0. The molecule has 3 N–H and O–H groups in total. The van der Waals surface area contributed by atoms with Gasteiger partial charge in [-0.3, -0.25) is 11.3 Å². The van der Waals surface area contributed by atoms with Crippen LogP contribution in [-0.2, 0) is 11.2 Å². The fourth-order valence-electron chi connectivity index (χ4n) is 1.65. The van der Waals surface area contributed by atoms with Crippen LogP contribution < -0.4 is 11.3 Å². The van der Waals surface area contributed by atoms with Crippen molar-refractivity contribution in [2.75, 3.05) is 13.2 Å². The monoisotopic (exact) mass is 240 g/mol. The van der Waals surface area contributed by atoms with E-state index in [2.05, 4.69) is 12.3 Å². The van der Waals surface area contributed by atoms with Gasteiger partial charge in [-0.2, -0.15) is 0 Å². The highest BCUT2D eigenvalue weighted by Crippen LogP contribution is 2.10. The van der Waals surface area contributed by atoms with Gasteiger partial charge in [-0.15, -0.1) is 0 Å². The van der Waals surface area contributed by atoms with Crippen molar-refractivity contribution in [3.05, 3.63) is 35.6 Å². The molecule has 1 atom stereocenters. The summed E-state index contributed by atoms with van der Waals surface area (Å²) in [5, 5.41) is 0. The third-order valence-corrected chi connectivity index (χ3v) is 2.62. The zero-order valence-electron chi connectivity index (χ0n) is 10.3. The lowest BCUT2D eigenvalue weighted by Gasteiger charge is -2.16. The maximum Gasteiger partial charge on any atom is 0.126 e. The Balaban J connectivity index is 2.38. The first kappa shape index (κ1) is 14.1. The molecule has 0 bridgehead atoms. The van der Waals surface area contributed by atoms with Crippen molar-refractivity contribution in [1.29, 1.82) is 0 Å². The fourth-order valence-corrected chi connectivity index (χ4v) is 1.65. The third-order valence-electron chi connectivity index (χ3n) is 2.62. The van der Waals surface area contributed by atoms with Gasteiger partial charge in [-0.05, 0) is 30.9 Å². The quantitative estimate of drug-likeness (QED) is 0.415. The molecule has 3 nitrogen and oxygen atoms in total. The molecule has 0 aliphatic carbocycles. The first-order valence-electron chi connectivity index (χ1n) is 6.05. The smallest absolute Gasteiger partial charge is 0.126 e. The molecule has 1 aromatic rings. The molecule has 0 amide bonds. The second kappa shape index (κ2) is 8.17. The first-order valence-corrected chi connectivity index (χ1v) is 6.05. The minimum atomic E-state index is -0.178.